The van der Waals surface area contributed by atoms with E-state index in [0.29, 0.717) is 24.1 Å². The van der Waals surface area contributed by atoms with Gasteiger partial charge in [0.1, 0.15) is 5.75 Å². The third-order valence-electron chi connectivity index (χ3n) is 6.06. The van der Waals surface area contributed by atoms with Crippen LogP contribution in [0.2, 0.25) is 0 Å². The molecule has 0 saturated carbocycles. The van der Waals surface area contributed by atoms with Gasteiger partial charge in [-0.3, -0.25) is 4.79 Å². The number of nitrogens with zero attached hydrogens (tertiary/aromatic N) is 1. The van der Waals surface area contributed by atoms with Gasteiger partial charge in [0.25, 0.3) is 5.91 Å². The van der Waals surface area contributed by atoms with E-state index in [1.807, 2.05) is 24.4 Å². The van der Waals surface area contributed by atoms with Crippen molar-refractivity contribution >= 4 is 16.8 Å². The molecule has 3 aromatic rings. The average molecular weight is 420 g/mol. The summed E-state index contributed by atoms with van der Waals surface area (Å²) in [7, 11) is 1.68. The number of aromatic nitrogens is 1. The zero-order chi connectivity index (χ0) is 21.8. The Morgan fingerprint density at radius 1 is 1.13 bits per heavy atom. The number of benzene rings is 2. The van der Waals surface area contributed by atoms with Gasteiger partial charge in [0.15, 0.2) is 0 Å². The molecule has 1 aliphatic rings. The molecule has 4 rings (SSSR count). The molecule has 0 saturated heterocycles. The molecular formula is C26H33N3O2. The van der Waals surface area contributed by atoms with Crippen LogP contribution >= 0.6 is 0 Å². The van der Waals surface area contributed by atoms with Crippen LogP contribution in [0.5, 0.6) is 5.75 Å². The van der Waals surface area contributed by atoms with Crippen LogP contribution in [0.4, 0.5) is 0 Å². The topological polar surface area (TPSA) is 55.3 Å². The van der Waals surface area contributed by atoms with Gasteiger partial charge in [0.2, 0.25) is 0 Å². The van der Waals surface area contributed by atoms with Gasteiger partial charge in [0.05, 0.1) is 18.2 Å². The normalized spacial score (nSPS) is 13.7. The van der Waals surface area contributed by atoms with Crippen LogP contribution in [-0.4, -0.2) is 36.7 Å². The highest BCUT2D eigenvalue weighted by Crippen LogP contribution is 2.30. The van der Waals surface area contributed by atoms with E-state index in [-0.39, 0.29) is 5.91 Å². The molecule has 0 aliphatic heterocycles. The van der Waals surface area contributed by atoms with Crippen molar-refractivity contribution in [2.45, 2.75) is 45.7 Å². The number of aryl methyl sites for hydroxylation is 1. The number of hydrogen-bond donors (Lipinski definition) is 2. The zero-order valence-corrected chi connectivity index (χ0v) is 18.8. The quantitative estimate of drug-likeness (QED) is 0.512. The number of amides is 1. The monoisotopic (exact) mass is 419 g/mol. The predicted octanol–water partition coefficient (Wildman–Crippen LogP) is 4.18. The van der Waals surface area contributed by atoms with Gasteiger partial charge in [-0.15, -0.1) is 0 Å². The van der Waals surface area contributed by atoms with Gasteiger partial charge in [-0.05, 0) is 48.9 Å². The van der Waals surface area contributed by atoms with Gasteiger partial charge >= 0.3 is 0 Å². The number of rotatable bonds is 9. The minimum absolute atomic E-state index is 0.0208. The number of hydrogen-bond acceptors (Lipinski definition) is 3. The molecule has 0 fully saturated rings. The second kappa shape index (κ2) is 9.56. The second-order valence-electron chi connectivity index (χ2n) is 8.88. The summed E-state index contributed by atoms with van der Waals surface area (Å²) in [5.41, 5.74) is 4.65. The Bertz CT molecular complexity index is 1030. The molecule has 2 aromatic carbocycles. The molecule has 164 valence electrons. The largest absolute Gasteiger partial charge is 0.495 e. The fraction of sp³-hybridized carbons (Fsp3) is 0.423. The summed E-state index contributed by atoms with van der Waals surface area (Å²) in [6, 6.07) is 15.2. The Kier molecular flexibility index (Phi) is 6.62. The molecule has 5 heteroatoms. The van der Waals surface area contributed by atoms with Crippen LogP contribution in [0.3, 0.4) is 0 Å². The van der Waals surface area contributed by atoms with Crippen LogP contribution in [-0.2, 0) is 19.4 Å². The summed E-state index contributed by atoms with van der Waals surface area (Å²) in [6.07, 6.45) is 5.18. The highest BCUT2D eigenvalue weighted by atomic mass is 16.5. The maximum atomic E-state index is 12.8. The highest BCUT2D eigenvalue weighted by Gasteiger charge is 2.21. The fourth-order valence-electron chi connectivity index (χ4n) is 4.50. The van der Waals surface area contributed by atoms with E-state index in [4.69, 9.17) is 4.74 Å². The van der Waals surface area contributed by atoms with Crippen molar-refractivity contribution in [2.24, 2.45) is 5.92 Å². The molecule has 2 N–H and O–H groups in total. The Morgan fingerprint density at radius 2 is 1.87 bits per heavy atom. The lowest BCUT2D eigenvalue weighted by atomic mass is 10.1. The van der Waals surface area contributed by atoms with Crippen molar-refractivity contribution in [3.05, 3.63) is 65.4 Å². The molecule has 1 aromatic heterocycles. The standard InChI is InChI=1S/C26H33N3O2/c1-18(2)16-28-26(30)23-17-29(25-22(23)10-6-11-24(25)31-3)13-7-12-27-21-14-19-8-4-5-9-20(19)15-21/h4-6,8-11,17-18,21,27H,7,12-16H2,1-3H3,(H,28,30). The number of carbonyl (C=O) groups is 1. The van der Waals surface area contributed by atoms with E-state index in [1.54, 1.807) is 7.11 Å². The summed E-state index contributed by atoms with van der Waals surface area (Å²) < 4.78 is 7.78. The van der Waals surface area contributed by atoms with E-state index in [1.165, 1.54) is 11.1 Å². The maximum Gasteiger partial charge on any atom is 0.253 e. The van der Waals surface area contributed by atoms with Gasteiger partial charge in [-0.25, -0.2) is 0 Å². The molecule has 0 unspecified atom stereocenters. The van der Waals surface area contributed by atoms with E-state index < -0.39 is 0 Å². The molecule has 0 bridgehead atoms. The second-order valence-corrected chi connectivity index (χ2v) is 8.88. The van der Waals surface area contributed by atoms with Crippen molar-refractivity contribution in [1.29, 1.82) is 0 Å². The van der Waals surface area contributed by atoms with Crippen molar-refractivity contribution < 1.29 is 9.53 Å². The predicted molar refractivity (Wildman–Crippen MR) is 126 cm³/mol. The lowest BCUT2D eigenvalue weighted by Crippen LogP contribution is -2.30. The van der Waals surface area contributed by atoms with Gasteiger partial charge in [-0.1, -0.05) is 50.2 Å². The van der Waals surface area contributed by atoms with Crippen LogP contribution in [0.15, 0.2) is 48.7 Å². The third-order valence-corrected chi connectivity index (χ3v) is 6.06. The first kappa shape index (κ1) is 21.4. The Labute approximate surface area is 184 Å². The molecule has 0 spiro atoms. The molecule has 1 amide bonds. The van der Waals surface area contributed by atoms with Gasteiger partial charge < -0.3 is 19.9 Å². The minimum atomic E-state index is -0.0208. The summed E-state index contributed by atoms with van der Waals surface area (Å²) in [5, 5.41) is 7.71. The smallest absolute Gasteiger partial charge is 0.253 e. The minimum Gasteiger partial charge on any atom is -0.495 e. The summed E-state index contributed by atoms with van der Waals surface area (Å²) in [5.74, 6) is 1.20. The van der Waals surface area contributed by atoms with Crippen molar-refractivity contribution in [3.63, 3.8) is 0 Å². The Morgan fingerprint density at radius 3 is 2.55 bits per heavy atom. The molecule has 0 radical (unpaired) electrons. The average Bonchev–Trinajstić information content (AvgIpc) is 3.36. The summed E-state index contributed by atoms with van der Waals surface area (Å²) in [4.78, 5) is 12.8. The van der Waals surface area contributed by atoms with E-state index in [2.05, 4.69) is 53.3 Å². The number of methoxy groups -OCH3 is 1. The third kappa shape index (κ3) is 4.77. The van der Waals surface area contributed by atoms with E-state index in [9.17, 15) is 4.79 Å². The van der Waals surface area contributed by atoms with Crippen molar-refractivity contribution in [3.8, 4) is 5.75 Å². The first-order chi connectivity index (χ1) is 15.1. The van der Waals surface area contributed by atoms with Crippen molar-refractivity contribution in [1.82, 2.24) is 15.2 Å². The first-order valence-corrected chi connectivity index (χ1v) is 11.3. The Hall–Kier alpha value is -2.79. The number of para-hydroxylation sites is 1. The van der Waals surface area contributed by atoms with E-state index >= 15 is 0 Å². The van der Waals surface area contributed by atoms with Crippen LogP contribution in [0.1, 0.15) is 41.8 Å². The number of fused-ring (bicyclic) bond motifs is 2. The lowest BCUT2D eigenvalue weighted by Gasteiger charge is -2.13. The van der Waals surface area contributed by atoms with Crippen molar-refractivity contribution in [2.75, 3.05) is 20.2 Å². The molecule has 0 atom stereocenters. The van der Waals surface area contributed by atoms with E-state index in [0.717, 1.165) is 49.0 Å². The zero-order valence-electron chi connectivity index (χ0n) is 18.8. The van der Waals surface area contributed by atoms with Crippen LogP contribution in [0.25, 0.3) is 10.9 Å². The number of carbonyl (C=O) groups excluding carboxylic acids is 1. The molecule has 1 aliphatic carbocycles. The lowest BCUT2D eigenvalue weighted by molar-refractivity contribution is 0.0950. The Balaban J connectivity index is 1.43. The van der Waals surface area contributed by atoms with Crippen LogP contribution in [0, 0.1) is 5.92 Å². The van der Waals surface area contributed by atoms with Gasteiger partial charge in [-0.2, -0.15) is 0 Å². The maximum absolute atomic E-state index is 12.8. The van der Waals surface area contributed by atoms with Gasteiger partial charge in [0, 0.05) is 30.7 Å². The first-order valence-electron chi connectivity index (χ1n) is 11.3. The SMILES string of the molecule is COc1cccc2c(C(=O)NCC(C)C)cn(CCCNC3Cc4ccccc4C3)c12. The number of nitrogens with one attached hydrogen (secondary N) is 2. The summed E-state index contributed by atoms with van der Waals surface area (Å²) in [6.45, 7) is 6.65. The van der Waals surface area contributed by atoms with Crippen LogP contribution < -0.4 is 15.4 Å². The summed E-state index contributed by atoms with van der Waals surface area (Å²) >= 11 is 0. The molecule has 5 nitrogen and oxygen atoms in total. The molecular weight excluding hydrogens is 386 g/mol. The number of ether oxygens (including phenoxy) is 1. The molecule has 31 heavy (non-hydrogen) atoms. The fourth-order valence-corrected chi connectivity index (χ4v) is 4.50. The highest BCUT2D eigenvalue weighted by molar-refractivity contribution is 6.08. The molecule has 1 heterocycles.